The average molecular weight is 659 g/mol. The van der Waals surface area contributed by atoms with Crippen LogP contribution in [0.15, 0.2) is 109 Å². The zero-order valence-electron chi connectivity index (χ0n) is 24.1. The quantitative estimate of drug-likeness (QED) is 0.128. The number of halogens is 2. The molecule has 0 atom stereocenters. The molecule has 4 heteroatoms. The Bertz CT molecular complexity index is 1630. The molecule has 0 aliphatic carbocycles. The molecule has 204 valence electrons. The summed E-state index contributed by atoms with van der Waals surface area (Å²) in [6.07, 6.45) is 0. The summed E-state index contributed by atoms with van der Waals surface area (Å²) in [6, 6.07) is 38.6. The molecule has 0 radical (unpaired) electrons. The van der Waals surface area contributed by atoms with Crippen molar-refractivity contribution >= 4 is 54.4 Å². The normalized spacial score (nSPS) is 10.5. The average Bonchev–Trinajstić information content (AvgIpc) is 3.52. The molecule has 6 aromatic rings. The Morgan fingerprint density at radius 2 is 0.900 bits per heavy atom. The van der Waals surface area contributed by atoms with Crippen molar-refractivity contribution in [3.8, 4) is 0 Å². The van der Waals surface area contributed by atoms with Crippen LogP contribution in [0.25, 0.3) is 21.5 Å². The van der Waals surface area contributed by atoms with Gasteiger partial charge in [-0.15, -0.1) is 69.1 Å². The molecule has 0 aliphatic heterocycles. The fraction of sp³-hybridized carbons (Fsp3) is 0.167. The summed E-state index contributed by atoms with van der Waals surface area (Å²) in [5.41, 5.74) is 7.43. The molecule has 0 bridgehead atoms. The van der Waals surface area contributed by atoms with Crippen LogP contribution in [0.3, 0.4) is 0 Å². The second kappa shape index (κ2) is 14.1. The van der Waals surface area contributed by atoms with Gasteiger partial charge >= 0.3 is 111 Å². The second-order valence-corrected chi connectivity index (χ2v) is 29.7. The van der Waals surface area contributed by atoms with Crippen molar-refractivity contribution in [1.82, 2.24) is 0 Å². The fourth-order valence-electron chi connectivity index (χ4n) is 4.98. The van der Waals surface area contributed by atoms with Gasteiger partial charge in [0.15, 0.2) is 0 Å². The monoisotopic (exact) mass is 656 g/mol. The maximum atomic E-state index is 6.32. The van der Waals surface area contributed by atoms with Crippen molar-refractivity contribution in [3.63, 3.8) is 0 Å². The summed E-state index contributed by atoms with van der Waals surface area (Å²) in [5.74, 6) is 0. The summed E-state index contributed by atoms with van der Waals surface area (Å²) in [5, 5.41) is 8.22. The molecule has 40 heavy (non-hydrogen) atoms. The SMILES string of the molecule is Cc1cc2c(C)c(C)ccc2[cH-]1.Cc1cc2c(C)c(C)ccc2[cH-]1.[Cl][Zr]([Cl])=[Si](c1ccccc1)c1ccccc1. The summed E-state index contributed by atoms with van der Waals surface area (Å²) in [7, 11) is 12.6. The Kier molecular flexibility index (Phi) is 10.8. The summed E-state index contributed by atoms with van der Waals surface area (Å²) < 4.78 is 0. The number of hydrogen-bond donors (Lipinski definition) is 0. The molecule has 0 amide bonds. The van der Waals surface area contributed by atoms with Crippen LogP contribution in [0.4, 0.5) is 0 Å². The van der Waals surface area contributed by atoms with Gasteiger partial charge in [-0.05, 0) is 27.7 Å². The Morgan fingerprint density at radius 3 is 1.25 bits per heavy atom. The van der Waals surface area contributed by atoms with Gasteiger partial charge in [-0.2, -0.15) is 12.1 Å². The molecule has 6 rings (SSSR count). The Hall–Kier alpha value is -2.22. The van der Waals surface area contributed by atoms with Crippen LogP contribution in [-0.2, 0) is 18.0 Å². The maximum absolute atomic E-state index is 6.32. The van der Waals surface area contributed by atoms with Crippen molar-refractivity contribution in [2.45, 2.75) is 41.5 Å². The van der Waals surface area contributed by atoms with E-state index >= 15 is 0 Å². The van der Waals surface area contributed by atoms with E-state index in [4.69, 9.17) is 17.0 Å². The van der Waals surface area contributed by atoms with Crippen LogP contribution in [-0.4, -0.2) is 5.43 Å². The molecule has 0 fully saturated rings. The number of benzene rings is 4. The molecule has 0 nitrogen and oxygen atoms in total. The van der Waals surface area contributed by atoms with Crippen molar-refractivity contribution in [1.29, 1.82) is 0 Å². The molecule has 0 aromatic heterocycles. The first-order chi connectivity index (χ1) is 19.2. The van der Waals surface area contributed by atoms with Crippen LogP contribution in [0.1, 0.15) is 33.4 Å². The number of hydrogen-bond acceptors (Lipinski definition) is 0. The Morgan fingerprint density at radius 1 is 0.525 bits per heavy atom. The third kappa shape index (κ3) is 7.54. The molecule has 0 heterocycles. The van der Waals surface area contributed by atoms with Crippen LogP contribution < -0.4 is 10.4 Å². The third-order valence-electron chi connectivity index (χ3n) is 7.46. The van der Waals surface area contributed by atoms with Crippen molar-refractivity contribution in [2.75, 3.05) is 0 Å². The van der Waals surface area contributed by atoms with E-state index in [1.54, 1.807) is 0 Å². The van der Waals surface area contributed by atoms with Gasteiger partial charge in [0.25, 0.3) is 0 Å². The van der Waals surface area contributed by atoms with E-state index < -0.39 is 23.4 Å². The first-order valence-corrected chi connectivity index (χ1v) is 25.1. The predicted molar refractivity (Wildman–Crippen MR) is 177 cm³/mol. The topological polar surface area (TPSA) is 0 Å². The molecule has 0 spiro atoms. The van der Waals surface area contributed by atoms with E-state index in [1.165, 1.54) is 65.3 Å². The van der Waals surface area contributed by atoms with Gasteiger partial charge < -0.3 is 0 Å². The number of fused-ring (bicyclic) bond motifs is 2. The van der Waals surface area contributed by atoms with Crippen molar-refractivity contribution in [2.24, 2.45) is 0 Å². The Balaban J connectivity index is 0.000000141. The van der Waals surface area contributed by atoms with Gasteiger partial charge in [0, 0.05) is 0 Å². The molecular formula is C36H36Cl2SiZr-2. The van der Waals surface area contributed by atoms with Crippen LogP contribution in [0, 0.1) is 41.5 Å². The minimum atomic E-state index is -2.26. The van der Waals surface area contributed by atoms with Crippen LogP contribution in [0.5, 0.6) is 0 Å². The molecule has 6 aromatic carbocycles. The van der Waals surface area contributed by atoms with Crippen molar-refractivity contribution < 1.29 is 18.0 Å². The van der Waals surface area contributed by atoms with Crippen molar-refractivity contribution in [3.05, 3.63) is 143 Å². The van der Waals surface area contributed by atoms with Gasteiger partial charge in [-0.1, -0.05) is 36.1 Å². The van der Waals surface area contributed by atoms with Crippen LogP contribution >= 0.6 is 17.0 Å². The van der Waals surface area contributed by atoms with E-state index in [0.717, 1.165) is 0 Å². The van der Waals surface area contributed by atoms with E-state index in [-0.39, 0.29) is 0 Å². The molecule has 0 saturated heterocycles. The number of rotatable bonds is 2. The fourth-order valence-corrected chi connectivity index (χ4v) is 20.2. The molecule has 0 unspecified atom stereocenters. The molecule has 0 saturated carbocycles. The van der Waals surface area contributed by atoms with Crippen LogP contribution in [0.2, 0.25) is 0 Å². The standard InChI is InChI=1S/C12H10Si.2C12H13.2ClH.Zr/c1-3-7-11(8-4-1)13-12-9-5-2-6-10-12;2*1-8-6-11-5-4-9(2)10(3)12(11)7-8;;;/h1-10H;2*4-7H,1-3H3;2*1H;/q;2*-1;;;+2/p-2. The zero-order valence-corrected chi connectivity index (χ0v) is 29.1. The Labute approximate surface area is 254 Å². The third-order valence-corrected chi connectivity index (χ3v) is 23.4. The van der Waals surface area contributed by atoms with E-state index in [9.17, 15) is 0 Å². The predicted octanol–water partition coefficient (Wildman–Crippen LogP) is 9.69. The molecule has 0 aliphatic rings. The summed E-state index contributed by atoms with van der Waals surface area (Å²) in [4.78, 5) is 0. The van der Waals surface area contributed by atoms with Gasteiger partial charge in [0.05, 0.1) is 0 Å². The van der Waals surface area contributed by atoms with Gasteiger partial charge in [-0.25, -0.2) is 0 Å². The van der Waals surface area contributed by atoms with Gasteiger partial charge in [0.1, 0.15) is 0 Å². The van der Waals surface area contributed by atoms with Gasteiger partial charge in [0.2, 0.25) is 0 Å². The molecular weight excluding hydrogens is 623 g/mol. The second-order valence-electron chi connectivity index (χ2n) is 10.5. The van der Waals surface area contributed by atoms with E-state index in [2.05, 4.69) is 139 Å². The van der Waals surface area contributed by atoms with Gasteiger partial charge in [-0.3, -0.25) is 0 Å². The first-order valence-electron chi connectivity index (χ1n) is 13.6. The number of aryl methyl sites for hydroxylation is 6. The van der Waals surface area contributed by atoms with E-state index in [1.807, 2.05) is 12.1 Å². The summed E-state index contributed by atoms with van der Waals surface area (Å²) in [6.45, 7) is 13.0. The minimum absolute atomic E-state index is 0.889. The summed E-state index contributed by atoms with van der Waals surface area (Å²) >= 11 is -2.26. The first kappa shape index (κ1) is 30.7. The van der Waals surface area contributed by atoms with E-state index in [0.29, 0.717) is 0 Å². The molecule has 0 N–H and O–H groups in total. The zero-order chi connectivity index (χ0) is 28.8.